The van der Waals surface area contributed by atoms with Crippen molar-refractivity contribution < 1.29 is 14.2 Å². The van der Waals surface area contributed by atoms with E-state index in [1.807, 2.05) is 17.5 Å². The van der Waals surface area contributed by atoms with Crippen LogP contribution in [0.2, 0.25) is 0 Å². The fourth-order valence-electron chi connectivity index (χ4n) is 2.73. The minimum Gasteiger partial charge on any atom is -0.490 e. The third kappa shape index (κ3) is 4.06. The molecule has 0 spiro atoms. The van der Waals surface area contributed by atoms with Gasteiger partial charge in [0, 0.05) is 24.5 Å². The van der Waals surface area contributed by atoms with Crippen LogP contribution in [0.15, 0.2) is 41.8 Å². The lowest BCUT2D eigenvalue weighted by atomic mass is 10.1. The summed E-state index contributed by atoms with van der Waals surface area (Å²) < 4.78 is 18.8. The maximum absolute atomic E-state index is 12.9. The zero-order valence-corrected chi connectivity index (χ0v) is 13.1. The summed E-state index contributed by atoms with van der Waals surface area (Å²) in [5.41, 5.74) is 0. The van der Waals surface area contributed by atoms with Gasteiger partial charge in [-0.15, -0.1) is 11.3 Å². The van der Waals surface area contributed by atoms with Gasteiger partial charge in [0.2, 0.25) is 0 Å². The number of hydrogen-bond donors (Lipinski definition) is 1. The minimum absolute atomic E-state index is 0.167. The molecule has 0 aliphatic carbocycles. The fraction of sp³-hybridized carbons (Fsp3) is 0.412. The van der Waals surface area contributed by atoms with E-state index in [1.165, 1.54) is 12.1 Å². The Hall–Kier alpha value is -1.43. The molecule has 0 radical (unpaired) electrons. The number of β-amino-alcohol motifs (C(OH)–C–C–N with tert-alkyl or cyclic N) is 1. The van der Waals surface area contributed by atoms with Gasteiger partial charge in [-0.25, -0.2) is 4.39 Å². The van der Waals surface area contributed by atoms with Gasteiger partial charge < -0.3 is 14.7 Å². The predicted octanol–water partition coefficient (Wildman–Crippen LogP) is 3.46. The maximum atomic E-state index is 12.9. The lowest BCUT2D eigenvalue weighted by Gasteiger charge is -2.33. The van der Waals surface area contributed by atoms with Crippen LogP contribution in [0.25, 0.3) is 0 Å². The molecule has 1 aliphatic heterocycles. The second-order valence-electron chi connectivity index (χ2n) is 5.60. The summed E-state index contributed by atoms with van der Waals surface area (Å²) in [5, 5.41) is 12.2. The Kier molecular flexibility index (Phi) is 5.08. The zero-order valence-electron chi connectivity index (χ0n) is 12.3. The number of hydrogen-bond acceptors (Lipinski definition) is 4. The van der Waals surface area contributed by atoms with E-state index in [0.29, 0.717) is 6.54 Å². The van der Waals surface area contributed by atoms with Crippen molar-refractivity contribution in [3.05, 3.63) is 52.5 Å². The van der Waals surface area contributed by atoms with E-state index >= 15 is 0 Å². The van der Waals surface area contributed by atoms with Crippen LogP contribution in [0, 0.1) is 5.82 Å². The standard InChI is InChI=1S/C17H20FNO2S/c18-13-3-5-14(6-4-13)21-15-7-9-19(10-8-15)12-16(20)17-2-1-11-22-17/h1-6,11,15-16,20H,7-10,12H2/t16-/m0/s1. The number of halogens is 1. The van der Waals surface area contributed by atoms with Crippen molar-refractivity contribution in [2.24, 2.45) is 0 Å². The summed E-state index contributed by atoms with van der Waals surface area (Å²) in [5.74, 6) is 0.475. The Morgan fingerprint density at radius 3 is 2.59 bits per heavy atom. The third-order valence-corrected chi connectivity index (χ3v) is 4.93. The Labute approximate surface area is 134 Å². The topological polar surface area (TPSA) is 32.7 Å². The van der Waals surface area contributed by atoms with Crippen LogP contribution in [0.5, 0.6) is 5.75 Å². The van der Waals surface area contributed by atoms with E-state index in [9.17, 15) is 9.50 Å². The first-order valence-corrected chi connectivity index (χ1v) is 8.45. The highest BCUT2D eigenvalue weighted by Crippen LogP contribution is 2.23. The van der Waals surface area contributed by atoms with Crippen molar-refractivity contribution >= 4 is 11.3 Å². The van der Waals surface area contributed by atoms with E-state index in [1.54, 1.807) is 23.5 Å². The lowest BCUT2D eigenvalue weighted by Crippen LogP contribution is -2.40. The number of aliphatic hydroxyl groups excluding tert-OH is 1. The molecule has 118 valence electrons. The second-order valence-corrected chi connectivity index (χ2v) is 6.58. The molecular formula is C17H20FNO2S. The molecule has 0 bridgehead atoms. The number of rotatable bonds is 5. The quantitative estimate of drug-likeness (QED) is 0.915. The molecule has 1 aromatic heterocycles. The number of aliphatic hydroxyl groups is 1. The molecule has 0 amide bonds. The van der Waals surface area contributed by atoms with Gasteiger partial charge in [0.1, 0.15) is 23.8 Å². The second kappa shape index (κ2) is 7.22. The van der Waals surface area contributed by atoms with Crippen LogP contribution < -0.4 is 4.74 Å². The molecule has 3 nitrogen and oxygen atoms in total. The zero-order chi connectivity index (χ0) is 15.4. The van der Waals surface area contributed by atoms with Gasteiger partial charge in [0.15, 0.2) is 0 Å². The van der Waals surface area contributed by atoms with Crippen molar-refractivity contribution in [1.82, 2.24) is 4.90 Å². The molecule has 1 fully saturated rings. The van der Waals surface area contributed by atoms with Gasteiger partial charge in [-0.1, -0.05) is 6.07 Å². The van der Waals surface area contributed by atoms with Gasteiger partial charge in [0.25, 0.3) is 0 Å². The highest BCUT2D eigenvalue weighted by molar-refractivity contribution is 7.10. The highest BCUT2D eigenvalue weighted by Gasteiger charge is 2.23. The van der Waals surface area contributed by atoms with Gasteiger partial charge in [0.05, 0.1) is 0 Å². The van der Waals surface area contributed by atoms with Gasteiger partial charge in [-0.2, -0.15) is 0 Å². The Bertz CT molecular complexity index is 565. The Morgan fingerprint density at radius 2 is 1.95 bits per heavy atom. The molecular weight excluding hydrogens is 301 g/mol. The van der Waals surface area contributed by atoms with E-state index in [0.717, 1.165) is 36.6 Å². The smallest absolute Gasteiger partial charge is 0.123 e. The molecule has 5 heteroatoms. The van der Waals surface area contributed by atoms with Crippen molar-refractivity contribution in [3.8, 4) is 5.75 Å². The molecule has 2 aromatic rings. The normalized spacial score (nSPS) is 18.3. The first kappa shape index (κ1) is 15.5. The van der Waals surface area contributed by atoms with Crippen molar-refractivity contribution in [2.45, 2.75) is 25.0 Å². The minimum atomic E-state index is -0.408. The summed E-state index contributed by atoms with van der Waals surface area (Å²) in [6.07, 6.45) is 1.61. The van der Waals surface area contributed by atoms with Crippen molar-refractivity contribution in [3.63, 3.8) is 0 Å². The van der Waals surface area contributed by atoms with Crippen LogP contribution in [0.1, 0.15) is 23.8 Å². The molecule has 1 saturated heterocycles. The predicted molar refractivity (Wildman–Crippen MR) is 85.8 cm³/mol. The Balaban J connectivity index is 1.45. The summed E-state index contributed by atoms with van der Waals surface area (Å²) in [6.45, 7) is 2.49. The van der Waals surface area contributed by atoms with Gasteiger partial charge in [-0.3, -0.25) is 0 Å². The average Bonchev–Trinajstić information content (AvgIpc) is 3.06. The third-order valence-electron chi connectivity index (χ3n) is 3.95. The van der Waals surface area contributed by atoms with E-state index in [-0.39, 0.29) is 11.9 Å². The van der Waals surface area contributed by atoms with Crippen LogP contribution in [-0.2, 0) is 0 Å². The molecule has 0 saturated carbocycles. The maximum Gasteiger partial charge on any atom is 0.123 e. The molecule has 0 unspecified atom stereocenters. The van der Waals surface area contributed by atoms with E-state index in [4.69, 9.17) is 4.74 Å². The first-order chi connectivity index (χ1) is 10.7. The number of ether oxygens (including phenoxy) is 1. The van der Waals surface area contributed by atoms with Crippen LogP contribution in [-0.4, -0.2) is 35.7 Å². The average molecular weight is 321 g/mol. The van der Waals surface area contributed by atoms with Gasteiger partial charge in [-0.05, 0) is 48.6 Å². The van der Waals surface area contributed by atoms with Crippen LogP contribution in [0.3, 0.4) is 0 Å². The summed E-state index contributed by atoms with van der Waals surface area (Å²) in [7, 11) is 0. The number of nitrogens with zero attached hydrogens (tertiary/aromatic N) is 1. The molecule has 22 heavy (non-hydrogen) atoms. The summed E-state index contributed by atoms with van der Waals surface area (Å²) in [6, 6.07) is 10.1. The van der Waals surface area contributed by atoms with E-state index < -0.39 is 6.10 Å². The molecule has 1 aromatic carbocycles. The highest BCUT2D eigenvalue weighted by atomic mass is 32.1. The summed E-state index contributed by atoms with van der Waals surface area (Å²) in [4.78, 5) is 3.29. The van der Waals surface area contributed by atoms with Crippen molar-refractivity contribution in [1.29, 1.82) is 0 Å². The van der Waals surface area contributed by atoms with Crippen LogP contribution in [0.4, 0.5) is 4.39 Å². The molecule has 1 aliphatic rings. The number of benzene rings is 1. The lowest BCUT2D eigenvalue weighted by molar-refractivity contribution is 0.0622. The van der Waals surface area contributed by atoms with Gasteiger partial charge >= 0.3 is 0 Å². The van der Waals surface area contributed by atoms with E-state index in [2.05, 4.69) is 4.90 Å². The van der Waals surface area contributed by atoms with Crippen molar-refractivity contribution in [2.75, 3.05) is 19.6 Å². The van der Waals surface area contributed by atoms with Crippen LogP contribution >= 0.6 is 11.3 Å². The number of thiophene rings is 1. The SMILES string of the molecule is O[C@@H](CN1CCC(Oc2ccc(F)cc2)CC1)c1cccs1. The monoisotopic (exact) mass is 321 g/mol. The summed E-state index contributed by atoms with van der Waals surface area (Å²) >= 11 is 1.59. The number of likely N-dealkylation sites (tertiary alicyclic amines) is 1. The molecule has 3 rings (SSSR count). The largest absolute Gasteiger partial charge is 0.490 e. The fourth-order valence-corrected chi connectivity index (χ4v) is 3.43. The molecule has 2 heterocycles. The molecule has 1 N–H and O–H groups in total. The first-order valence-electron chi connectivity index (χ1n) is 7.57. The Morgan fingerprint density at radius 1 is 1.23 bits per heavy atom. The number of piperidine rings is 1. The molecule has 1 atom stereocenters.